The molecule has 19 heavy (non-hydrogen) atoms. The van der Waals surface area contributed by atoms with Crippen molar-refractivity contribution in [1.29, 1.82) is 0 Å². The third kappa shape index (κ3) is 3.13. The molecule has 0 fully saturated rings. The summed E-state index contributed by atoms with van der Waals surface area (Å²) in [4.78, 5) is 12.3. The number of ketones is 1. The van der Waals surface area contributed by atoms with Crippen LogP contribution in [0.4, 0.5) is 11.4 Å². The van der Waals surface area contributed by atoms with Crippen LogP contribution in [0.15, 0.2) is 42.5 Å². The van der Waals surface area contributed by atoms with Crippen LogP contribution in [0.2, 0.25) is 0 Å². The quantitative estimate of drug-likeness (QED) is 0.651. The second-order valence-corrected chi connectivity index (χ2v) is 4.66. The van der Waals surface area contributed by atoms with Gasteiger partial charge in [-0.2, -0.15) is 0 Å². The summed E-state index contributed by atoms with van der Waals surface area (Å²) in [5, 5.41) is 0. The van der Waals surface area contributed by atoms with Gasteiger partial charge in [0, 0.05) is 22.5 Å². The molecular weight excluding hydrogens is 236 g/mol. The fourth-order valence-electron chi connectivity index (χ4n) is 2.09. The van der Waals surface area contributed by atoms with Gasteiger partial charge in [-0.15, -0.1) is 0 Å². The molecule has 0 spiro atoms. The van der Waals surface area contributed by atoms with Gasteiger partial charge in [0.25, 0.3) is 0 Å². The lowest BCUT2D eigenvalue weighted by atomic mass is 10.00. The number of nitrogens with two attached hydrogens (primary N) is 2. The summed E-state index contributed by atoms with van der Waals surface area (Å²) in [6, 6.07) is 12.6. The first-order valence-electron chi connectivity index (χ1n) is 6.40. The van der Waals surface area contributed by atoms with E-state index < -0.39 is 0 Å². The Morgan fingerprint density at radius 3 is 2.05 bits per heavy atom. The van der Waals surface area contributed by atoms with E-state index in [0.717, 1.165) is 12.8 Å². The number of carbonyl (C=O) groups excluding carboxylic acids is 1. The van der Waals surface area contributed by atoms with Crippen molar-refractivity contribution < 1.29 is 4.79 Å². The Labute approximate surface area is 113 Å². The molecular formula is C16H18N2O. The van der Waals surface area contributed by atoms with Crippen LogP contribution in [-0.4, -0.2) is 5.78 Å². The Morgan fingerprint density at radius 2 is 1.53 bits per heavy atom. The van der Waals surface area contributed by atoms with Crippen LogP contribution < -0.4 is 11.5 Å². The fourth-order valence-corrected chi connectivity index (χ4v) is 2.09. The van der Waals surface area contributed by atoms with Crippen LogP contribution in [0.5, 0.6) is 0 Å². The zero-order chi connectivity index (χ0) is 13.8. The van der Waals surface area contributed by atoms with Crippen LogP contribution in [0, 0.1) is 0 Å². The van der Waals surface area contributed by atoms with E-state index in [0.29, 0.717) is 22.5 Å². The molecule has 2 aromatic rings. The first-order valence-corrected chi connectivity index (χ1v) is 6.40. The van der Waals surface area contributed by atoms with Crippen LogP contribution in [0.25, 0.3) is 0 Å². The topological polar surface area (TPSA) is 69.1 Å². The summed E-state index contributed by atoms with van der Waals surface area (Å²) < 4.78 is 0. The normalized spacial score (nSPS) is 10.4. The van der Waals surface area contributed by atoms with E-state index in [9.17, 15) is 4.79 Å². The maximum absolute atomic E-state index is 12.3. The lowest BCUT2D eigenvalue weighted by Crippen LogP contribution is -2.03. The van der Waals surface area contributed by atoms with E-state index in [1.165, 1.54) is 5.56 Å². The second-order valence-electron chi connectivity index (χ2n) is 4.66. The van der Waals surface area contributed by atoms with Gasteiger partial charge in [-0.1, -0.05) is 37.6 Å². The molecule has 0 aromatic heterocycles. The van der Waals surface area contributed by atoms with E-state index in [1.54, 1.807) is 18.2 Å². The van der Waals surface area contributed by atoms with Crippen molar-refractivity contribution >= 4 is 17.2 Å². The molecule has 4 N–H and O–H groups in total. The number of rotatable bonds is 4. The van der Waals surface area contributed by atoms with Crippen molar-refractivity contribution in [3.8, 4) is 0 Å². The third-order valence-electron chi connectivity index (χ3n) is 2.99. The van der Waals surface area contributed by atoms with Gasteiger partial charge in [0.05, 0.1) is 0 Å². The standard InChI is InChI=1S/C16H18N2O/c1-2-3-11-4-6-12(7-5-11)16(19)13-8-14(17)10-15(18)9-13/h4-10H,2-3,17-18H2,1H3. The van der Waals surface area contributed by atoms with E-state index in [1.807, 2.05) is 24.3 Å². The Balaban J connectivity index is 2.28. The molecule has 98 valence electrons. The number of nitrogen functional groups attached to an aromatic ring is 2. The second kappa shape index (κ2) is 5.57. The Bertz CT molecular complexity index is 568. The molecule has 0 amide bonds. The zero-order valence-corrected chi connectivity index (χ0v) is 11.0. The first kappa shape index (κ1) is 13.1. The predicted molar refractivity (Wildman–Crippen MR) is 79.1 cm³/mol. The van der Waals surface area contributed by atoms with Crippen LogP contribution in [-0.2, 0) is 6.42 Å². The molecule has 0 bridgehead atoms. The lowest BCUT2D eigenvalue weighted by Gasteiger charge is -2.05. The highest BCUT2D eigenvalue weighted by Crippen LogP contribution is 2.18. The summed E-state index contributed by atoms with van der Waals surface area (Å²) in [5.41, 5.74) is 14.9. The molecule has 0 saturated heterocycles. The highest BCUT2D eigenvalue weighted by Gasteiger charge is 2.10. The number of benzene rings is 2. The maximum atomic E-state index is 12.3. The largest absolute Gasteiger partial charge is 0.399 e. The van der Waals surface area contributed by atoms with Gasteiger partial charge in [-0.3, -0.25) is 4.79 Å². The molecule has 0 aliphatic carbocycles. The van der Waals surface area contributed by atoms with Gasteiger partial charge in [0.15, 0.2) is 5.78 Å². The number of carbonyl (C=O) groups is 1. The lowest BCUT2D eigenvalue weighted by molar-refractivity contribution is 0.103. The minimum absolute atomic E-state index is 0.0537. The van der Waals surface area contributed by atoms with Gasteiger partial charge in [0.1, 0.15) is 0 Å². The number of hydrogen-bond acceptors (Lipinski definition) is 3. The third-order valence-corrected chi connectivity index (χ3v) is 2.99. The molecule has 2 rings (SSSR count). The van der Waals surface area contributed by atoms with E-state index in [4.69, 9.17) is 11.5 Å². The van der Waals surface area contributed by atoms with Crippen molar-refractivity contribution in [2.45, 2.75) is 19.8 Å². The number of aryl methyl sites for hydroxylation is 1. The summed E-state index contributed by atoms with van der Waals surface area (Å²) in [6.45, 7) is 2.13. The van der Waals surface area contributed by atoms with E-state index >= 15 is 0 Å². The first-order chi connectivity index (χ1) is 9.10. The predicted octanol–water partition coefficient (Wildman–Crippen LogP) is 3.03. The molecule has 0 saturated carbocycles. The van der Waals surface area contributed by atoms with E-state index in [-0.39, 0.29) is 5.78 Å². The molecule has 3 nitrogen and oxygen atoms in total. The summed E-state index contributed by atoms with van der Waals surface area (Å²) in [5.74, 6) is -0.0537. The monoisotopic (exact) mass is 254 g/mol. The average Bonchev–Trinajstić information content (AvgIpc) is 2.38. The van der Waals surface area contributed by atoms with E-state index in [2.05, 4.69) is 6.92 Å². The SMILES string of the molecule is CCCc1ccc(C(=O)c2cc(N)cc(N)c2)cc1. The Hall–Kier alpha value is -2.29. The van der Waals surface area contributed by atoms with Gasteiger partial charge < -0.3 is 11.5 Å². The Morgan fingerprint density at radius 1 is 0.947 bits per heavy atom. The van der Waals surface area contributed by atoms with Crippen molar-refractivity contribution in [3.63, 3.8) is 0 Å². The summed E-state index contributed by atoms with van der Waals surface area (Å²) >= 11 is 0. The summed E-state index contributed by atoms with van der Waals surface area (Å²) in [7, 11) is 0. The smallest absolute Gasteiger partial charge is 0.193 e. The van der Waals surface area contributed by atoms with Gasteiger partial charge >= 0.3 is 0 Å². The fraction of sp³-hybridized carbons (Fsp3) is 0.188. The molecule has 0 unspecified atom stereocenters. The highest BCUT2D eigenvalue weighted by atomic mass is 16.1. The minimum atomic E-state index is -0.0537. The molecule has 0 aliphatic rings. The van der Waals surface area contributed by atoms with Gasteiger partial charge in [0.2, 0.25) is 0 Å². The number of hydrogen-bond donors (Lipinski definition) is 2. The van der Waals surface area contributed by atoms with Crippen molar-refractivity contribution in [1.82, 2.24) is 0 Å². The molecule has 2 aromatic carbocycles. The van der Waals surface area contributed by atoms with Gasteiger partial charge in [-0.25, -0.2) is 0 Å². The summed E-state index contributed by atoms with van der Waals surface area (Å²) in [6.07, 6.45) is 2.12. The van der Waals surface area contributed by atoms with Gasteiger partial charge in [-0.05, 0) is 30.2 Å². The molecule has 0 atom stereocenters. The van der Waals surface area contributed by atoms with Crippen LogP contribution >= 0.6 is 0 Å². The van der Waals surface area contributed by atoms with Crippen molar-refractivity contribution in [3.05, 3.63) is 59.2 Å². The highest BCUT2D eigenvalue weighted by molar-refractivity contribution is 6.09. The van der Waals surface area contributed by atoms with Crippen LogP contribution in [0.3, 0.4) is 0 Å². The number of anilines is 2. The Kier molecular flexibility index (Phi) is 3.85. The molecule has 0 aliphatic heterocycles. The zero-order valence-electron chi connectivity index (χ0n) is 11.0. The minimum Gasteiger partial charge on any atom is -0.399 e. The average molecular weight is 254 g/mol. The van der Waals surface area contributed by atoms with Crippen molar-refractivity contribution in [2.75, 3.05) is 11.5 Å². The molecule has 0 heterocycles. The van der Waals surface area contributed by atoms with Crippen LogP contribution in [0.1, 0.15) is 34.8 Å². The molecule has 3 heteroatoms. The molecule has 0 radical (unpaired) electrons. The van der Waals surface area contributed by atoms with Crippen molar-refractivity contribution in [2.24, 2.45) is 0 Å². The maximum Gasteiger partial charge on any atom is 0.193 e.